The number of thioether (sulfide) groups is 1. The highest BCUT2D eigenvalue weighted by atomic mass is 32.2. The Morgan fingerprint density at radius 3 is 2.73 bits per heavy atom. The van der Waals surface area contributed by atoms with Gasteiger partial charge in [-0.05, 0) is 37.0 Å². The Balaban J connectivity index is 1.33. The molecule has 2 saturated heterocycles. The smallest absolute Gasteiger partial charge is 0.223 e. The van der Waals surface area contributed by atoms with Crippen LogP contribution in [0, 0.1) is 17.2 Å². The highest BCUT2D eigenvalue weighted by Gasteiger charge is 2.45. The van der Waals surface area contributed by atoms with Gasteiger partial charge in [0.15, 0.2) is 0 Å². The van der Waals surface area contributed by atoms with Crippen LogP contribution in [-0.2, 0) is 4.79 Å². The topological polar surface area (TPSA) is 60.2 Å². The van der Waals surface area contributed by atoms with Crippen LogP contribution in [0.1, 0.15) is 43.1 Å². The fourth-order valence-electron chi connectivity index (χ4n) is 4.70. The fraction of sp³-hybridized carbons (Fsp3) is 0.458. The molecule has 0 radical (unpaired) electrons. The molecule has 3 unspecified atom stereocenters. The molecule has 0 aliphatic carbocycles. The van der Waals surface area contributed by atoms with E-state index in [1.165, 1.54) is 5.56 Å². The van der Waals surface area contributed by atoms with Crippen molar-refractivity contribution in [2.45, 2.75) is 44.0 Å². The maximum Gasteiger partial charge on any atom is 0.223 e. The molecule has 4 rings (SSSR count). The molecule has 1 aromatic heterocycles. The minimum absolute atomic E-state index is 0.263. The molecule has 2 aliphatic rings. The van der Waals surface area contributed by atoms with Gasteiger partial charge in [-0.1, -0.05) is 37.3 Å². The van der Waals surface area contributed by atoms with Gasteiger partial charge in [-0.3, -0.25) is 4.79 Å². The Morgan fingerprint density at radius 2 is 2.07 bits per heavy atom. The fourth-order valence-corrected chi connectivity index (χ4v) is 5.69. The average molecular weight is 421 g/mol. The van der Waals surface area contributed by atoms with Gasteiger partial charge in [0.1, 0.15) is 11.9 Å². The summed E-state index contributed by atoms with van der Waals surface area (Å²) >= 11 is 1.85. The molecule has 0 spiro atoms. The Morgan fingerprint density at radius 1 is 1.27 bits per heavy atom. The summed E-state index contributed by atoms with van der Waals surface area (Å²) in [5.74, 6) is 2.56. The first-order chi connectivity index (χ1) is 14.6. The van der Waals surface area contributed by atoms with Crippen molar-refractivity contribution < 1.29 is 4.79 Å². The zero-order chi connectivity index (χ0) is 21.1. The Labute approximate surface area is 183 Å². The molecule has 2 bridgehead atoms. The number of pyridine rings is 1. The minimum Gasteiger partial charge on any atom is -0.347 e. The van der Waals surface area contributed by atoms with Crippen molar-refractivity contribution in [3.05, 3.63) is 59.8 Å². The quantitative estimate of drug-likeness (QED) is 0.699. The lowest BCUT2D eigenvalue weighted by molar-refractivity contribution is -0.131. The maximum atomic E-state index is 12.9. The SMILES string of the molecule is CC(SCCC(=O)N1CC2C[C@@H](C)C(C1)N2c1ccc(C#N)cn1)c1ccccc1. The van der Waals surface area contributed by atoms with Crippen LogP contribution in [0.5, 0.6) is 0 Å². The van der Waals surface area contributed by atoms with E-state index in [-0.39, 0.29) is 5.91 Å². The first-order valence-electron chi connectivity index (χ1n) is 10.7. The lowest BCUT2D eigenvalue weighted by Crippen LogP contribution is -2.56. The summed E-state index contributed by atoms with van der Waals surface area (Å²) in [7, 11) is 0. The lowest BCUT2D eigenvalue weighted by atomic mass is 10.0. The molecule has 2 aliphatic heterocycles. The number of aromatic nitrogens is 1. The summed E-state index contributed by atoms with van der Waals surface area (Å²) in [6, 6.07) is 17.0. The summed E-state index contributed by atoms with van der Waals surface area (Å²) < 4.78 is 0. The van der Waals surface area contributed by atoms with Crippen molar-refractivity contribution in [1.82, 2.24) is 9.88 Å². The molecule has 0 N–H and O–H groups in total. The number of nitrogens with zero attached hydrogens (tertiary/aromatic N) is 4. The number of likely N-dealkylation sites (tertiary alicyclic amines) is 1. The van der Waals surface area contributed by atoms with Crippen LogP contribution in [-0.4, -0.2) is 46.7 Å². The molecule has 2 aromatic rings. The maximum absolute atomic E-state index is 12.9. The van der Waals surface area contributed by atoms with E-state index in [0.717, 1.165) is 31.1 Å². The zero-order valence-electron chi connectivity index (χ0n) is 17.6. The predicted octanol–water partition coefficient (Wildman–Crippen LogP) is 4.26. The number of fused-ring (bicyclic) bond motifs is 2. The van der Waals surface area contributed by atoms with E-state index in [9.17, 15) is 4.79 Å². The number of rotatable bonds is 6. The third-order valence-electron chi connectivity index (χ3n) is 6.34. The highest BCUT2D eigenvalue weighted by molar-refractivity contribution is 7.99. The number of hydrogen-bond acceptors (Lipinski definition) is 5. The molecule has 3 heterocycles. The molecule has 1 amide bonds. The van der Waals surface area contributed by atoms with Gasteiger partial charge in [0.25, 0.3) is 0 Å². The van der Waals surface area contributed by atoms with Crippen molar-refractivity contribution in [3.63, 3.8) is 0 Å². The van der Waals surface area contributed by atoms with Gasteiger partial charge in [0, 0.05) is 42.8 Å². The monoisotopic (exact) mass is 420 g/mol. The Kier molecular flexibility index (Phi) is 6.29. The van der Waals surface area contributed by atoms with E-state index in [2.05, 4.69) is 59.0 Å². The number of amides is 1. The molecular weight excluding hydrogens is 392 g/mol. The molecule has 2 fully saturated rings. The number of anilines is 1. The first kappa shape index (κ1) is 20.7. The third kappa shape index (κ3) is 4.32. The molecule has 6 heteroatoms. The van der Waals surface area contributed by atoms with E-state index in [4.69, 9.17) is 5.26 Å². The number of carbonyl (C=O) groups is 1. The number of nitriles is 1. The van der Waals surface area contributed by atoms with Gasteiger partial charge in [-0.2, -0.15) is 17.0 Å². The highest BCUT2D eigenvalue weighted by Crippen LogP contribution is 2.38. The van der Waals surface area contributed by atoms with Crippen LogP contribution in [0.3, 0.4) is 0 Å². The number of hydrogen-bond donors (Lipinski definition) is 0. The van der Waals surface area contributed by atoms with Crippen molar-refractivity contribution in [3.8, 4) is 6.07 Å². The zero-order valence-corrected chi connectivity index (χ0v) is 18.4. The van der Waals surface area contributed by atoms with Crippen LogP contribution in [0.15, 0.2) is 48.7 Å². The van der Waals surface area contributed by atoms with Crippen molar-refractivity contribution >= 4 is 23.5 Å². The van der Waals surface area contributed by atoms with Crippen LogP contribution >= 0.6 is 11.8 Å². The normalized spacial score (nSPS) is 23.8. The van der Waals surface area contributed by atoms with Gasteiger partial charge >= 0.3 is 0 Å². The molecule has 0 saturated carbocycles. The first-order valence-corrected chi connectivity index (χ1v) is 11.7. The summed E-state index contributed by atoms with van der Waals surface area (Å²) in [5.41, 5.74) is 1.89. The number of piperazine rings is 1. The largest absolute Gasteiger partial charge is 0.347 e. The van der Waals surface area contributed by atoms with E-state index >= 15 is 0 Å². The van der Waals surface area contributed by atoms with Gasteiger partial charge in [-0.15, -0.1) is 0 Å². The molecular formula is C24H28N4OS. The van der Waals surface area contributed by atoms with Crippen molar-refractivity contribution in [1.29, 1.82) is 5.26 Å². The van der Waals surface area contributed by atoms with Gasteiger partial charge in [0.2, 0.25) is 5.91 Å². The Bertz CT molecular complexity index is 911. The second-order valence-corrected chi connectivity index (χ2v) is 9.78. The van der Waals surface area contributed by atoms with E-state index in [1.54, 1.807) is 6.20 Å². The van der Waals surface area contributed by atoms with Crippen LogP contribution in [0.4, 0.5) is 5.82 Å². The van der Waals surface area contributed by atoms with E-state index in [0.29, 0.717) is 35.2 Å². The van der Waals surface area contributed by atoms with Crippen molar-refractivity contribution in [2.75, 3.05) is 23.7 Å². The molecule has 156 valence electrons. The van der Waals surface area contributed by atoms with Crippen LogP contribution < -0.4 is 4.90 Å². The Hall–Kier alpha value is -2.52. The van der Waals surface area contributed by atoms with Crippen LogP contribution in [0.25, 0.3) is 0 Å². The lowest BCUT2D eigenvalue weighted by Gasteiger charge is -2.42. The minimum atomic E-state index is 0.263. The van der Waals surface area contributed by atoms with Crippen LogP contribution in [0.2, 0.25) is 0 Å². The van der Waals surface area contributed by atoms with E-state index in [1.807, 2.05) is 30.0 Å². The molecule has 30 heavy (non-hydrogen) atoms. The second-order valence-electron chi connectivity index (χ2n) is 8.33. The van der Waals surface area contributed by atoms with Crippen molar-refractivity contribution in [2.24, 2.45) is 5.92 Å². The van der Waals surface area contributed by atoms with Gasteiger partial charge in [-0.25, -0.2) is 4.98 Å². The third-order valence-corrected chi connectivity index (χ3v) is 7.55. The summed E-state index contributed by atoms with van der Waals surface area (Å²) in [5, 5.41) is 9.41. The standard InChI is InChI=1S/C24H28N4OS/c1-17-12-21-15-27(16-22(17)28(21)23-9-8-19(13-25)14-26-23)24(29)10-11-30-18(2)20-6-4-3-5-7-20/h3-9,14,17-18,21-22H,10-12,15-16H2,1-2H3/t17-,18?,21?,22?/m1/s1. The molecule has 4 atom stereocenters. The predicted molar refractivity (Wildman–Crippen MR) is 121 cm³/mol. The number of carbonyl (C=O) groups excluding carboxylic acids is 1. The number of benzene rings is 1. The summed E-state index contributed by atoms with van der Waals surface area (Å²) in [6.45, 7) is 6.00. The molecule has 5 nitrogen and oxygen atoms in total. The van der Waals surface area contributed by atoms with E-state index < -0.39 is 0 Å². The molecule has 1 aromatic carbocycles. The van der Waals surface area contributed by atoms with Gasteiger partial charge in [0.05, 0.1) is 11.6 Å². The second kappa shape index (κ2) is 9.09. The van der Waals surface area contributed by atoms with Gasteiger partial charge < -0.3 is 9.80 Å². The summed E-state index contributed by atoms with van der Waals surface area (Å²) in [4.78, 5) is 21.9. The summed E-state index contributed by atoms with van der Waals surface area (Å²) in [6.07, 6.45) is 3.31. The average Bonchev–Trinajstić information content (AvgIpc) is 2.98.